The summed E-state index contributed by atoms with van der Waals surface area (Å²) < 4.78 is 6.04. The molecule has 3 nitrogen and oxygen atoms in total. The first kappa shape index (κ1) is 11.5. The number of carbonyl (C=O) groups excluding carboxylic acids is 1. The van der Waals surface area contributed by atoms with Crippen LogP contribution in [0.2, 0.25) is 0 Å². The third-order valence-corrected chi connectivity index (χ3v) is 3.40. The van der Waals surface area contributed by atoms with Crippen molar-refractivity contribution in [2.24, 2.45) is 0 Å². The maximum Gasteiger partial charge on any atom is 0.226 e. The van der Waals surface area contributed by atoms with Gasteiger partial charge in [-0.05, 0) is 40.0 Å². The van der Waals surface area contributed by atoms with Crippen molar-refractivity contribution >= 4 is 21.8 Å². The summed E-state index contributed by atoms with van der Waals surface area (Å²) in [5.74, 6) is 1.00. The van der Waals surface area contributed by atoms with Crippen LogP contribution in [0.5, 0.6) is 5.75 Å². The lowest BCUT2D eigenvalue weighted by Crippen LogP contribution is -2.42. The minimum Gasteiger partial charge on any atom is -0.496 e. The highest BCUT2D eigenvalue weighted by molar-refractivity contribution is 9.10. The fourth-order valence-electron chi connectivity index (χ4n) is 1.67. The molecule has 0 aromatic heterocycles. The van der Waals surface area contributed by atoms with Gasteiger partial charge < -0.3 is 9.64 Å². The molecule has 1 heterocycles. The lowest BCUT2D eigenvalue weighted by molar-refractivity contribution is -0.133. The molecule has 1 amide bonds. The topological polar surface area (TPSA) is 29.5 Å². The van der Waals surface area contributed by atoms with E-state index in [1.54, 1.807) is 7.11 Å². The Morgan fingerprint density at radius 2 is 2.25 bits per heavy atom. The fraction of sp³-hybridized carbons (Fsp3) is 0.417. The standard InChI is InChI=1S/C12H14BrNO2/c1-16-11-4-3-9(7-10(11)13)8-12(15)14-5-2-6-14/h3-4,7H,2,5-6,8H2,1H3. The van der Waals surface area contributed by atoms with Crippen LogP contribution in [-0.2, 0) is 11.2 Å². The smallest absolute Gasteiger partial charge is 0.226 e. The predicted molar refractivity (Wildman–Crippen MR) is 65.6 cm³/mol. The normalized spacial score (nSPS) is 14.5. The maximum absolute atomic E-state index is 11.7. The van der Waals surface area contributed by atoms with E-state index in [1.807, 2.05) is 23.1 Å². The molecule has 1 fully saturated rings. The Balaban J connectivity index is 2.03. The summed E-state index contributed by atoms with van der Waals surface area (Å²) in [6, 6.07) is 5.75. The lowest BCUT2D eigenvalue weighted by atomic mass is 10.1. The zero-order chi connectivity index (χ0) is 11.5. The highest BCUT2D eigenvalue weighted by atomic mass is 79.9. The molecule has 0 atom stereocenters. The van der Waals surface area contributed by atoms with Gasteiger partial charge in [0, 0.05) is 13.1 Å². The summed E-state index contributed by atoms with van der Waals surface area (Å²) >= 11 is 3.42. The van der Waals surface area contributed by atoms with Crippen molar-refractivity contribution in [3.63, 3.8) is 0 Å². The summed E-state index contributed by atoms with van der Waals surface area (Å²) in [6.45, 7) is 1.83. The monoisotopic (exact) mass is 283 g/mol. The van der Waals surface area contributed by atoms with Crippen molar-refractivity contribution in [3.8, 4) is 5.75 Å². The molecule has 16 heavy (non-hydrogen) atoms. The van der Waals surface area contributed by atoms with Crippen molar-refractivity contribution in [3.05, 3.63) is 28.2 Å². The number of hydrogen-bond donors (Lipinski definition) is 0. The quantitative estimate of drug-likeness (QED) is 0.852. The molecule has 86 valence electrons. The van der Waals surface area contributed by atoms with E-state index < -0.39 is 0 Å². The highest BCUT2D eigenvalue weighted by Crippen LogP contribution is 2.26. The van der Waals surface area contributed by atoms with E-state index in [0.29, 0.717) is 6.42 Å². The summed E-state index contributed by atoms with van der Waals surface area (Å²) in [4.78, 5) is 13.6. The number of hydrogen-bond acceptors (Lipinski definition) is 2. The van der Waals surface area contributed by atoms with E-state index in [-0.39, 0.29) is 5.91 Å². The second-order valence-corrected chi connectivity index (χ2v) is 4.73. The number of methoxy groups -OCH3 is 1. The number of rotatable bonds is 3. The van der Waals surface area contributed by atoms with Crippen molar-refractivity contribution in [2.75, 3.05) is 20.2 Å². The number of ether oxygens (including phenoxy) is 1. The summed E-state index contributed by atoms with van der Waals surface area (Å²) in [5.41, 5.74) is 1.02. The van der Waals surface area contributed by atoms with Crippen molar-refractivity contribution in [1.29, 1.82) is 0 Å². The molecule has 1 aliphatic heterocycles. The van der Waals surface area contributed by atoms with Crippen LogP contribution < -0.4 is 4.74 Å². The molecule has 0 N–H and O–H groups in total. The second kappa shape index (κ2) is 4.87. The predicted octanol–water partition coefficient (Wildman–Crippen LogP) is 2.23. The lowest BCUT2D eigenvalue weighted by Gasteiger charge is -2.31. The molecule has 1 saturated heterocycles. The molecule has 0 radical (unpaired) electrons. The summed E-state index contributed by atoms with van der Waals surface area (Å²) in [7, 11) is 1.63. The third kappa shape index (κ3) is 2.38. The van der Waals surface area contributed by atoms with Crippen LogP contribution in [0, 0.1) is 0 Å². The average molecular weight is 284 g/mol. The average Bonchev–Trinajstić information content (AvgIpc) is 2.15. The molecule has 1 aliphatic rings. The molecule has 1 aromatic rings. The minimum absolute atomic E-state index is 0.211. The minimum atomic E-state index is 0.211. The zero-order valence-corrected chi connectivity index (χ0v) is 10.8. The Morgan fingerprint density at radius 3 is 2.75 bits per heavy atom. The van der Waals surface area contributed by atoms with Crippen molar-refractivity contribution in [1.82, 2.24) is 4.90 Å². The number of nitrogens with zero attached hydrogens (tertiary/aromatic N) is 1. The summed E-state index contributed by atoms with van der Waals surface area (Å²) in [5, 5.41) is 0. The van der Waals surface area contributed by atoms with E-state index in [2.05, 4.69) is 15.9 Å². The Bertz CT molecular complexity index is 402. The van der Waals surface area contributed by atoms with E-state index in [9.17, 15) is 4.79 Å². The van der Waals surface area contributed by atoms with Crippen LogP contribution in [0.15, 0.2) is 22.7 Å². The molecule has 0 unspecified atom stereocenters. The van der Waals surface area contributed by atoms with Crippen LogP contribution in [0.4, 0.5) is 0 Å². The van der Waals surface area contributed by atoms with Gasteiger partial charge in [0.1, 0.15) is 5.75 Å². The number of halogens is 1. The maximum atomic E-state index is 11.7. The third-order valence-electron chi connectivity index (χ3n) is 2.78. The van der Waals surface area contributed by atoms with E-state index in [0.717, 1.165) is 35.3 Å². The summed E-state index contributed by atoms with van der Waals surface area (Å²) in [6.07, 6.45) is 1.61. The Labute approximate surface area is 104 Å². The molecule has 1 aromatic carbocycles. The fourth-order valence-corrected chi connectivity index (χ4v) is 2.26. The van der Waals surface area contributed by atoms with Gasteiger partial charge in [-0.25, -0.2) is 0 Å². The first-order valence-corrected chi connectivity index (χ1v) is 6.10. The van der Waals surface area contributed by atoms with Gasteiger partial charge in [0.05, 0.1) is 18.0 Å². The van der Waals surface area contributed by atoms with E-state index in [1.165, 1.54) is 0 Å². The van der Waals surface area contributed by atoms with E-state index in [4.69, 9.17) is 4.74 Å². The van der Waals surface area contributed by atoms with Gasteiger partial charge in [-0.1, -0.05) is 6.07 Å². The molecule has 2 rings (SSSR count). The number of benzene rings is 1. The van der Waals surface area contributed by atoms with Gasteiger partial charge in [0.15, 0.2) is 0 Å². The SMILES string of the molecule is COc1ccc(CC(=O)N2CCC2)cc1Br. The van der Waals surface area contributed by atoms with Gasteiger partial charge in [0.25, 0.3) is 0 Å². The molecule has 0 aliphatic carbocycles. The van der Waals surface area contributed by atoms with Gasteiger partial charge in [-0.15, -0.1) is 0 Å². The molecule has 0 spiro atoms. The van der Waals surface area contributed by atoms with Crippen LogP contribution in [0.1, 0.15) is 12.0 Å². The molecular formula is C12H14BrNO2. The van der Waals surface area contributed by atoms with Crippen molar-refractivity contribution in [2.45, 2.75) is 12.8 Å². The van der Waals surface area contributed by atoms with Crippen LogP contribution in [0.3, 0.4) is 0 Å². The second-order valence-electron chi connectivity index (χ2n) is 3.88. The largest absolute Gasteiger partial charge is 0.496 e. The van der Waals surface area contributed by atoms with E-state index >= 15 is 0 Å². The Kier molecular flexibility index (Phi) is 3.49. The highest BCUT2D eigenvalue weighted by Gasteiger charge is 2.20. The first-order valence-electron chi connectivity index (χ1n) is 5.31. The van der Waals surface area contributed by atoms with Gasteiger partial charge >= 0.3 is 0 Å². The number of carbonyl (C=O) groups is 1. The number of amides is 1. The van der Waals surface area contributed by atoms with Crippen LogP contribution in [-0.4, -0.2) is 31.0 Å². The van der Waals surface area contributed by atoms with Gasteiger partial charge in [-0.2, -0.15) is 0 Å². The Morgan fingerprint density at radius 1 is 1.50 bits per heavy atom. The van der Waals surface area contributed by atoms with Crippen LogP contribution in [0.25, 0.3) is 0 Å². The first-order chi connectivity index (χ1) is 7.70. The van der Waals surface area contributed by atoms with Crippen molar-refractivity contribution < 1.29 is 9.53 Å². The van der Waals surface area contributed by atoms with Gasteiger partial charge in [0.2, 0.25) is 5.91 Å². The zero-order valence-electron chi connectivity index (χ0n) is 9.20. The molecular weight excluding hydrogens is 270 g/mol. The Hall–Kier alpha value is -1.03. The molecule has 0 bridgehead atoms. The van der Waals surface area contributed by atoms with Crippen LogP contribution >= 0.6 is 15.9 Å². The molecule has 0 saturated carbocycles. The van der Waals surface area contributed by atoms with Gasteiger partial charge in [-0.3, -0.25) is 4.79 Å². The number of likely N-dealkylation sites (tertiary alicyclic amines) is 1. The molecule has 4 heteroatoms.